The number of ether oxygens (including phenoxy) is 2. The van der Waals surface area contributed by atoms with Gasteiger partial charge in [-0.2, -0.15) is 0 Å². The highest BCUT2D eigenvalue weighted by atomic mass is 16.5. The van der Waals surface area contributed by atoms with E-state index in [4.69, 9.17) is 9.47 Å². The van der Waals surface area contributed by atoms with E-state index in [0.717, 1.165) is 38.3 Å². The minimum Gasteiger partial charge on any atom is -0.493 e. The Balaban J connectivity index is 1.79. The molecule has 1 aliphatic rings. The molecule has 3 nitrogen and oxygen atoms in total. The normalized spacial score (nSPS) is 15.4. The molecule has 0 saturated carbocycles. The van der Waals surface area contributed by atoms with Crippen LogP contribution in [0.2, 0.25) is 0 Å². The van der Waals surface area contributed by atoms with Crippen molar-refractivity contribution in [2.75, 3.05) is 26.8 Å². The summed E-state index contributed by atoms with van der Waals surface area (Å²) in [4.78, 5) is 0. The average molecular weight is 235 g/mol. The maximum atomic E-state index is 5.71. The zero-order valence-corrected chi connectivity index (χ0v) is 10.7. The molecule has 1 heterocycles. The van der Waals surface area contributed by atoms with Crippen molar-refractivity contribution < 1.29 is 9.47 Å². The molecule has 3 heteroatoms. The summed E-state index contributed by atoms with van der Waals surface area (Å²) in [5.74, 6) is 1.05. The standard InChI is InChI=1S/C14H21NO2/c1-11(10-15-2)16-7-5-12-3-4-14-13(9-12)6-8-17-14/h3-4,9,11,15H,5-8,10H2,1-2H3. The van der Waals surface area contributed by atoms with Crippen LogP contribution in [0.5, 0.6) is 5.75 Å². The van der Waals surface area contributed by atoms with Gasteiger partial charge in [0.2, 0.25) is 0 Å². The number of rotatable bonds is 6. The van der Waals surface area contributed by atoms with Gasteiger partial charge >= 0.3 is 0 Å². The molecule has 0 aromatic heterocycles. The predicted octanol–water partition coefficient (Wildman–Crippen LogP) is 1.79. The fourth-order valence-corrected chi connectivity index (χ4v) is 2.12. The number of hydrogen-bond donors (Lipinski definition) is 1. The second kappa shape index (κ2) is 6.03. The molecule has 1 atom stereocenters. The van der Waals surface area contributed by atoms with E-state index in [1.807, 2.05) is 7.05 Å². The van der Waals surface area contributed by atoms with E-state index < -0.39 is 0 Å². The van der Waals surface area contributed by atoms with E-state index in [1.54, 1.807) is 0 Å². The van der Waals surface area contributed by atoms with Crippen LogP contribution in [-0.4, -0.2) is 32.9 Å². The lowest BCUT2D eigenvalue weighted by Gasteiger charge is -2.12. The van der Waals surface area contributed by atoms with E-state index in [2.05, 4.69) is 30.4 Å². The fourth-order valence-electron chi connectivity index (χ4n) is 2.12. The Kier molecular flexibility index (Phi) is 4.40. The van der Waals surface area contributed by atoms with Gasteiger partial charge in [0, 0.05) is 13.0 Å². The lowest BCUT2D eigenvalue weighted by atomic mass is 10.1. The number of likely N-dealkylation sites (N-methyl/N-ethyl adjacent to an activating group) is 1. The second-order valence-electron chi connectivity index (χ2n) is 4.53. The molecular weight excluding hydrogens is 214 g/mol. The minimum absolute atomic E-state index is 0.276. The third-order valence-electron chi connectivity index (χ3n) is 3.04. The summed E-state index contributed by atoms with van der Waals surface area (Å²) < 4.78 is 11.2. The summed E-state index contributed by atoms with van der Waals surface area (Å²) >= 11 is 0. The van der Waals surface area contributed by atoms with Crippen LogP contribution in [0.3, 0.4) is 0 Å². The molecule has 0 aliphatic carbocycles. The Labute approximate surface area is 103 Å². The zero-order chi connectivity index (χ0) is 12.1. The second-order valence-corrected chi connectivity index (χ2v) is 4.53. The van der Waals surface area contributed by atoms with Gasteiger partial charge in [0.25, 0.3) is 0 Å². The van der Waals surface area contributed by atoms with Crippen molar-refractivity contribution in [1.82, 2.24) is 5.32 Å². The van der Waals surface area contributed by atoms with Gasteiger partial charge in [0.1, 0.15) is 5.75 Å². The zero-order valence-electron chi connectivity index (χ0n) is 10.7. The topological polar surface area (TPSA) is 30.5 Å². The van der Waals surface area contributed by atoms with Gasteiger partial charge in [0.05, 0.1) is 19.3 Å². The van der Waals surface area contributed by atoms with E-state index in [0.29, 0.717) is 0 Å². The third-order valence-corrected chi connectivity index (χ3v) is 3.04. The van der Waals surface area contributed by atoms with Crippen LogP contribution in [-0.2, 0) is 17.6 Å². The van der Waals surface area contributed by atoms with Crippen molar-refractivity contribution in [3.8, 4) is 5.75 Å². The van der Waals surface area contributed by atoms with Crippen LogP contribution in [0.1, 0.15) is 18.1 Å². The molecule has 94 valence electrons. The summed E-state index contributed by atoms with van der Waals surface area (Å²) in [7, 11) is 1.94. The molecule has 0 bridgehead atoms. The largest absolute Gasteiger partial charge is 0.493 e. The fraction of sp³-hybridized carbons (Fsp3) is 0.571. The number of nitrogens with one attached hydrogen (secondary N) is 1. The number of fused-ring (bicyclic) bond motifs is 1. The SMILES string of the molecule is CNCC(C)OCCc1ccc2c(c1)CCO2. The maximum absolute atomic E-state index is 5.71. The van der Waals surface area contributed by atoms with Gasteiger partial charge in [-0.25, -0.2) is 0 Å². The maximum Gasteiger partial charge on any atom is 0.122 e. The molecule has 0 fully saturated rings. The highest BCUT2D eigenvalue weighted by Gasteiger charge is 2.11. The molecular formula is C14H21NO2. The molecule has 1 unspecified atom stereocenters. The highest BCUT2D eigenvalue weighted by molar-refractivity contribution is 5.39. The monoisotopic (exact) mass is 235 g/mol. The van der Waals surface area contributed by atoms with Gasteiger partial charge in [-0.05, 0) is 37.6 Å². The van der Waals surface area contributed by atoms with E-state index in [9.17, 15) is 0 Å². The number of hydrogen-bond acceptors (Lipinski definition) is 3. The van der Waals surface area contributed by atoms with E-state index in [-0.39, 0.29) is 6.10 Å². The Bertz CT molecular complexity index is 365. The van der Waals surface area contributed by atoms with Crippen LogP contribution >= 0.6 is 0 Å². The van der Waals surface area contributed by atoms with Crippen LogP contribution < -0.4 is 10.1 Å². The first-order chi connectivity index (χ1) is 8.29. The molecule has 0 radical (unpaired) electrons. The molecule has 1 aliphatic heterocycles. The van der Waals surface area contributed by atoms with Crippen molar-refractivity contribution in [3.63, 3.8) is 0 Å². The molecule has 1 N–H and O–H groups in total. The minimum atomic E-state index is 0.276. The third kappa shape index (κ3) is 3.45. The van der Waals surface area contributed by atoms with Crippen molar-refractivity contribution in [3.05, 3.63) is 29.3 Å². The molecule has 17 heavy (non-hydrogen) atoms. The first kappa shape index (κ1) is 12.4. The number of benzene rings is 1. The van der Waals surface area contributed by atoms with Crippen LogP contribution in [0.25, 0.3) is 0 Å². The van der Waals surface area contributed by atoms with Gasteiger partial charge in [0.15, 0.2) is 0 Å². The Morgan fingerprint density at radius 3 is 3.18 bits per heavy atom. The quantitative estimate of drug-likeness (QED) is 0.815. The molecule has 0 amide bonds. The Morgan fingerprint density at radius 1 is 1.47 bits per heavy atom. The van der Waals surface area contributed by atoms with E-state index in [1.165, 1.54) is 11.1 Å². The Morgan fingerprint density at radius 2 is 2.35 bits per heavy atom. The van der Waals surface area contributed by atoms with Crippen molar-refractivity contribution in [1.29, 1.82) is 0 Å². The highest BCUT2D eigenvalue weighted by Crippen LogP contribution is 2.25. The van der Waals surface area contributed by atoms with Gasteiger partial charge < -0.3 is 14.8 Å². The molecule has 0 saturated heterocycles. The lowest BCUT2D eigenvalue weighted by molar-refractivity contribution is 0.0696. The van der Waals surface area contributed by atoms with Crippen molar-refractivity contribution >= 4 is 0 Å². The van der Waals surface area contributed by atoms with Gasteiger partial charge in [-0.3, -0.25) is 0 Å². The first-order valence-electron chi connectivity index (χ1n) is 6.30. The summed E-state index contributed by atoms with van der Waals surface area (Å²) in [5.41, 5.74) is 2.68. The molecule has 0 spiro atoms. The molecule has 1 aromatic rings. The average Bonchev–Trinajstić information content (AvgIpc) is 2.76. The smallest absolute Gasteiger partial charge is 0.122 e. The van der Waals surface area contributed by atoms with Crippen LogP contribution in [0.15, 0.2) is 18.2 Å². The summed E-state index contributed by atoms with van der Waals surface area (Å²) in [6.07, 6.45) is 2.29. The van der Waals surface area contributed by atoms with E-state index >= 15 is 0 Å². The van der Waals surface area contributed by atoms with Crippen LogP contribution in [0.4, 0.5) is 0 Å². The molecule has 2 rings (SSSR count). The molecule has 1 aromatic carbocycles. The predicted molar refractivity (Wildman–Crippen MR) is 68.7 cm³/mol. The van der Waals surface area contributed by atoms with Crippen molar-refractivity contribution in [2.24, 2.45) is 0 Å². The van der Waals surface area contributed by atoms with Crippen LogP contribution in [0, 0.1) is 0 Å². The summed E-state index contributed by atoms with van der Waals surface area (Å²) in [6, 6.07) is 6.46. The first-order valence-corrected chi connectivity index (χ1v) is 6.30. The summed E-state index contributed by atoms with van der Waals surface area (Å²) in [6.45, 7) is 4.60. The van der Waals surface area contributed by atoms with Gasteiger partial charge in [-0.1, -0.05) is 12.1 Å². The van der Waals surface area contributed by atoms with Gasteiger partial charge in [-0.15, -0.1) is 0 Å². The lowest BCUT2D eigenvalue weighted by Crippen LogP contribution is -2.24. The summed E-state index contributed by atoms with van der Waals surface area (Å²) in [5, 5.41) is 3.11. The van der Waals surface area contributed by atoms with Crippen molar-refractivity contribution in [2.45, 2.75) is 25.9 Å². The Hall–Kier alpha value is -1.06.